The van der Waals surface area contributed by atoms with Crippen molar-refractivity contribution in [3.8, 4) is 0 Å². The topological polar surface area (TPSA) is 49.4 Å². The fraction of sp³-hybridized carbons (Fsp3) is 0.375. The van der Waals surface area contributed by atoms with E-state index in [1.807, 2.05) is 18.2 Å². The average molecular weight is 303 g/mol. The summed E-state index contributed by atoms with van der Waals surface area (Å²) in [6, 6.07) is 7.31. The molecule has 0 spiro atoms. The maximum atomic E-state index is 12.5. The quantitative estimate of drug-likeness (QED) is 0.689. The summed E-state index contributed by atoms with van der Waals surface area (Å²) in [7, 11) is 0. The van der Waals surface area contributed by atoms with Crippen LogP contribution in [0.4, 0.5) is 5.69 Å². The maximum Gasteiger partial charge on any atom is 0.235 e. The third-order valence-electron chi connectivity index (χ3n) is 4.86. The number of likely N-dealkylation sites (tertiary alicyclic amines) is 1. The molecule has 1 N–H and O–H groups in total. The second-order valence-electron chi connectivity index (χ2n) is 5.92. The largest absolute Gasteiger partial charge is 0.366 e. The Hall–Kier alpha value is -1.81. The fourth-order valence-electron chi connectivity index (χ4n) is 3.89. The zero-order valence-corrected chi connectivity index (χ0v) is 12.1. The second kappa shape index (κ2) is 4.60. The molecule has 1 saturated carbocycles. The lowest BCUT2D eigenvalue weighted by Gasteiger charge is -2.18. The molecule has 1 aliphatic heterocycles. The molecule has 2 aliphatic carbocycles. The van der Waals surface area contributed by atoms with E-state index in [9.17, 15) is 9.59 Å². The van der Waals surface area contributed by atoms with Crippen LogP contribution in [0.15, 0.2) is 36.4 Å². The number of carbonyl (C=O) groups excluding carboxylic acids is 2. The van der Waals surface area contributed by atoms with Crippen LogP contribution in [-0.2, 0) is 9.59 Å². The highest BCUT2D eigenvalue weighted by atomic mass is 35.5. The van der Waals surface area contributed by atoms with E-state index in [0.717, 1.165) is 12.1 Å². The number of nitrogens with zero attached hydrogens (tertiary/aromatic N) is 1. The number of hydrogen-bond acceptors (Lipinski definition) is 3. The first kappa shape index (κ1) is 12.9. The molecule has 2 bridgehead atoms. The van der Waals surface area contributed by atoms with Gasteiger partial charge in [0.1, 0.15) is 0 Å². The summed E-state index contributed by atoms with van der Waals surface area (Å²) in [6.45, 7) is 0.188. The normalized spacial score (nSPS) is 32.9. The molecular formula is C16H15ClN2O2. The molecule has 21 heavy (non-hydrogen) atoms. The van der Waals surface area contributed by atoms with Crippen molar-refractivity contribution in [2.45, 2.75) is 6.42 Å². The Labute approximate surface area is 127 Å². The highest BCUT2D eigenvalue weighted by Gasteiger charge is 2.59. The Balaban J connectivity index is 1.51. The molecule has 1 heterocycles. The van der Waals surface area contributed by atoms with Crippen LogP contribution in [-0.4, -0.2) is 23.4 Å². The number of amides is 2. The third kappa shape index (κ3) is 1.82. The zero-order chi connectivity index (χ0) is 14.6. The molecule has 0 radical (unpaired) electrons. The summed E-state index contributed by atoms with van der Waals surface area (Å²) >= 11 is 6.07. The molecule has 1 aromatic rings. The molecule has 4 rings (SSSR count). The van der Waals surface area contributed by atoms with Gasteiger partial charge in [0.2, 0.25) is 11.8 Å². The lowest BCUT2D eigenvalue weighted by atomic mass is 9.85. The number of hydrogen-bond donors (Lipinski definition) is 1. The Bertz CT molecular complexity index is 627. The molecular weight excluding hydrogens is 288 g/mol. The van der Waals surface area contributed by atoms with Crippen LogP contribution in [0.25, 0.3) is 0 Å². The van der Waals surface area contributed by atoms with Crippen LogP contribution in [0.2, 0.25) is 5.02 Å². The van der Waals surface area contributed by atoms with Gasteiger partial charge in [0.05, 0.1) is 29.2 Å². The lowest BCUT2D eigenvalue weighted by molar-refractivity contribution is -0.140. The summed E-state index contributed by atoms with van der Waals surface area (Å²) in [5.74, 6) is 0.146. The molecule has 5 heteroatoms. The van der Waals surface area contributed by atoms with Crippen molar-refractivity contribution in [2.24, 2.45) is 23.7 Å². The molecule has 1 saturated heterocycles. The second-order valence-corrected chi connectivity index (χ2v) is 6.33. The fourth-order valence-corrected chi connectivity index (χ4v) is 4.09. The summed E-state index contributed by atoms with van der Waals surface area (Å²) in [6.07, 6.45) is 5.16. The van der Waals surface area contributed by atoms with Gasteiger partial charge in [-0.05, 0) is 30.4 Å². The summed E-state index contributed by atoms with van der Waals surface area (Å²) in [5.41, 5.74) is 0.734. The van der Waals surface area contributed by atoms with Gasteiger partial charge in [0, 0.05) is 0 Å². The van der Waals surface area contributed by atoms with E-state index in [2.05, 4.69) is 17.5 Å². The molecule has 2 amide bonds. The van der Waals surface area contributed by atoms with Crippen LogP contribution < -0.4 is 5.32 Å². The van der Waals surface area contributed by atoms with E-state index in [1.165, 1.54) is 4.90 Å². The van der Waals surface area contributed by atoms with Crippen molar-refractivity contribution in [1.29, 1.82) is 0 Å². The van der Waals surface area contributed by atoms with Gasteiger partial charge in [-0.25, -0.2) is 0 Å². The number of anilines is 1. The Morgan fingerprint density at radius 1 is 1.10 bits per heavy atom. The molecule has 4 nitrogen and oxygen atoms in total. The average Bonchev–Trinajstić information content (AvgIpc) is 3.14. The van der Waals surface area contributed by atoms with Gasteiger partial charge in [0.15, 0.2) is 0 Å². The van der Waals surface area contributed by atoms with Crippen LogP contribution in [0.5, 0.6) is 0 Å². The van der Waals surface area contributed by atoms with Gasteiger partial charge in [-0.15, -0.1) is 0 Å². The molecule has 4 atom stereocenters. The van der Waals surface area contributed by atoms with Gasteiger partial charge in [-0.3, -0.25) is 14.5 Å². The summed E-state index contributed by atoms with van der Waals surface area (Å²) in [4.78, 5) is 26.3. The third-order valence-corrected chi connectivity index (χ3v) is 5.19. The smallest absolute Gasteiger partial charge is 0.235 e. The molecule has 0 unspecified atom stereocenters. The minimum atomic E-state index is -0.138. The number of para-hydroxylation sites is 1. The van der Waals surface area contributed by atoms with Crippen molar-refractivity contribution < 1.29 is 9.59 Å². The number of fused-ring (bicyclic) bond motifs is 5. The first-order chi connectivity index (χ1) is 10.2. The minimum absolute atomic E-state index is 0.0404. The van der Waals surface area contributed by atoms with Crippen LogP contribution in [0.1, 0.15) is 6.42 Å². The maximum absolute atomic E-state index is 12.5. The SMILES string of the molecule is O=C1[C@H]2[C@H](C(=O)N1CNc1ccccc1Cl)[C@H]1C=C[C@@H]2C1. The number of allylic oxidation sites excluding steroid dienone is 2. The van der Waals surface area contributed by atoms with Gasteiger partial charge in [-0.1, -0.05) is 35.9 Å². The highest BCUT2D eigenvalue weighted by Crippen LogP contribution is 2.52. The van der Waals surface area contributed by atoms with Crippen LogP contribution >= 0.6 is 11.6 Å². The van der Waals surface area contributed by atoms with Gasteiger partial charge < -0.3 is 5.32 Å². The van der Waals surface area contributed by atoms with E-state index in [1.54, 1.807) is 6.07 Å². The van der Waals surface area contributed by atoms with Crippen LogP contribution in [0.3, 0.4) is 0 Å². The van der Waals surface area contributed by atoms with Crippen molar-refractivity contribution in [2.75, 3.05) is 12.0 Å². The number of rotatable bonds is 3. The van der Waals surface area contributed by atoms with Gasteiger partial charge in [0.25, 0.3) is 0 Å². The molecule has 3 aliphatic rings. The van der Waals surface area contributed by atoms with Crippen molar-refractivity contribution >= 4 is 29.1 Å². The monoisotopic (exact) mass is 302 g/mol. The van der Waals surface area contributed by atoms with E-state index in [4.69, 9.17) is 11.6 Å². The minimum Gasteiger partial charge on any atom is -0.366 e. The van der Waals surface area contributed by atoms with Crippen molar-refractivity contribution in [3.63, 3.8) is 0 Å². The van der Waals surface area contributed by atoms with Gasteiger partial charge >= 0.3 is 0 Å². The zero-order valence-electron chi connectivity index (χ0n) is 11.3. The van der Waals surface area contributed by atoms with Crippen molar-refractivity contribution in [3.05, 3.63) is 41.4 Å². The first-order valence-corrected chi connectivity index (χ1v) is 7.56. The predicted molar refractivity (Wildman–Crippen MR) is 79.5 cm³/mol. The van der Waals surface area contributed by atoms with E-state index >= 15 is 0 Å². The van der Waals surface area contributed by atoms with E-state index < -0.39 is 0 Å². The van der Waals surface area contributed by atoms with E-state index in [0.29, 0.717) is 5.02 Å². The summed E-state index contributed by atoms with van der Waals surface area (Å²) in [5, 5.41) is 3.67. The number of nitrogens with one attached hydrogen (secondary N) is 1. The summed E-state index contributed by atoms with van der Waals surface area (Å²) < 4.78 is 0. The Morgan fingerprint density at radius 3 is 2.33 bits per heavy atom. The number of halogens is 1. The van der Waals surface area contributed by atoms with Gasteiger partial charge in [-0.2, -0.15) is 0 Å². The molecule has 0 aromatic heterocycles. The van der Waals surface area contributed by atoms with E-state index in [-0.39, 0.29) is 42.2 Å². The molecule has 108 valence electrons. The number of carbonyl (C=O) groups is 2. The molecule has 1 aromatic carbocycles. The molecule has 2 fully saturated rings. The van der Waals surface area contributed by atoms with Crippen LogP contribution in [0, 0.1) is 23.7 Å². The lowest BCUT2D eigenvalue weighted by Crippen LogP contribution is -2.37. The highest BCUT2D eigenvalue weighted by molar-refractivity contribution is 6.33. The van der Waals surface area contributed by atoms with Crippen molar-refractivity contribution in [1.82, 2.24) is 4.90 Å². The Morgan fingerprint density at radius 2 is 1.71 bits per heavy atom. The predicted octanol–water partition coefficient (Wildman–Crippen LogP) is 2.52. The number of imide groups is 1. The first-order valence-electron chi connectivity index (χ1n) is 7.19. The Kier molecular flexibility index (Phi) is 2.82. The number of benzene rings is 1. The standard InChI is InChI=1S/C16H15ClN2O2/c17-11-3-1-2-4-12(11)18-8-19-15(20)13-9-5-6-10(7-9)14(13)16(19)21/h1-6,9-10,13-14,18H,7-8H2/t9-,10+,13-,14-/m1/s1.